The summed E-state index contributed by atoms with van der Waals surface area (Å²) in [5, 5.41) is 10.9. The highest BCUT2D eigenvalue weighted by molar-refractivity contribution is 6.00. The quantitative estimate of drug-likeness (QED) is 0.221. The molecule has 2 heterocycles. The molecule has 222 valence electrons. The molecule has 2 atom stereocenters. The van der Waals surface area contributed by atoms with E-state index in [0.717, 1.165) is 23.5 Å². The third-order valence-electron chi connectivity index (χ3n) is 6.74. The van der Waals surface area contributed by atoms with Crippen LogP contribution in [0.1, 0.15) is 30.0 Å². The molecule has 0 saturated heterocycles. The number of carbonyl (C=O) groups excluding carboxylic acids is 4. The van der Waals surface area contributed by atoms with E-state index in [0.29, 0.717) is 23.0 Å². The van der Waals surface area contributed by atoms with Gasteiger partial charge in [0, 0.05) is 48.5 Å². The van der Waals surface area contributed by atoms with Gasteiger partial charge in [0.2, 0.25) is 17.7 Å². The van der Waals surface area contributed by atoms with Crippen LogP contribution >= 0.6 is 0 Å². The highest BCUT2D eigenvalue weighted by Crippen LogP contribution is 2.23. The van der Waals surface area contributed by atoms with Crippen molar-refractivity contribution in [1.82, 2.24) is 26.3 Å². The Balaban J connectivity index is 1.43. The number of amides is 3. The lowest BCUT2D eigenvalue weighted by molar-refractivity contribution is -0.173. The van der Waals surface area contributed by atoms with Crippen LogP contribution < -0.4 is 21.3 Å². The molecule has 13 heteroatoms. The van der Waals surface area contributed by atoms with Crippen LogP contribution in [0.3, 0.4) is 0 Å². The maximum atomic E-state index is 13.4. The molecule has 10 nitrogen and oxygen atoms in total. The van der Waals surface area contributed by atoms with Gasteiger partial charge in [-0.1, -0.05) is 43.3 Å². The zero-order chi connectivity index (χ0) is 30.3. The minimum absolute atomic E-state index is 0.0933. The fraction of sp³-hybridized carbons (Fsp3) is 0.345. The summed E-state index contributed by atoms with van der Waals surface area (Å²) < 4.78 is 40.1. The number of aromatic nitrogens is 1. The Kier molecular flexibility index (Phi) is 9.60. The second kappa shape index (κ2) is 13.3. The van der Waals surface area contributed by atoms with E-state index in [2.05, 4.69) is 31.2 Å². The number of benzene rings is 2. The Bertz CT molecular complexity index is 1500. The number of amidine groups is 1. The zero-order valence-corrected chi connectivity index (χ0v) is 22.8. The van der Waals surface area contributed by atoms with Crippen molar-refractivity contribution in [2.75, 3.05) is 19.6 Å². The fourth-order valence-corrected chi connectivity index (χ4v) is 4.64. The second-order valence-corrected chi connectivity index (χ2v) is 9.80. The number of halogens is 3. The van der Waals surface area contributed by atoms with E-state index in [4.69, 9.17) is 0 Å². The largest absolute Gasteiger partial charge is 0.452 e. The second-order valence-electron chi connectivity index (χ2n) is 9.80. The highest BCUT2D eigenvalue weighted by Gasteiger charge is 2.44. The molecular weight excluding hydrogens is 553 g/mol. The van der Waals surface area contributed by atoms with Crippen LogP contribution in [0.25, 0.3) is 10.9 Å². The molecule has 1 aromatic heterocycles. The van der Waals surface area contributed by atoms with Gasteiger partial charge in [-0.15, -0.1) is 0 Å². The smallest absolute Gasteiger partial charge is 0.368 e. The number of nitrogens with zero attached hydrogens (tertiary/aromatic N) is 1. The Morgan fingerprint density at radius 1 is 0.976 bits per heavy atom. The normalized spacial score (nSPS) is 14.4. The van der Waals surface area contributed by atoms with Crippen molar-refractivity contribution in [3.8, 4) is 0 Å². The number of nitrogens with one attached hydrogen (secondary N) is 5. The van der Waals surface area contributed by atoms with Crippen LogP contribution in [0, 0.1) is 0 Å². The van der Waals surface area contributed by atoms with Crippen molar-refractivity contribution < 1.29 is 32.3 Å². The summed E-state index contributed by atoms with van der Waals surface area (Å²) >= 11 is 0. The fourth-order valence-electron chi connectivity index (χ4n) is 4.64. The average molecular weight is 585 g/mol. The summed E-state index contributed by atoms with van der Waals surface area (Å²) in [7, 11) is 0. The molecule has 1 aliphatic rings. The van der Waals surface area contributed by atoms with E-state index in [-0.39, 0.29) is 12.8 Å². The summed E-state index contributed by atoms with van der Waals surface area (Å²) in [6, 6.07) is 11.2. The van der Waals surface area contributed by atoms with Crippen molar-refractivity contribution in [2.45, 2.75) is 44.4 Å². The Morgan fingerprint density at radius 2 is 1.74 bits per heavy atom. The summed E-state index contributed by atoms with van der Waals surface area (Å²) in [6.45, 7) is 2.29. The molecule has 5 N–H and O–H groups in total. The third kappa shape index (κ3) is 7.74. The van der Waals surface area contributed by atoms with Crippen LogP contribution in [-0.2, 0) is 32.0 Å². The monoisotopic (exact) mass is 584 g/mol. The SMILES string of the molecule is CCC(=O)NC(Cc1cccc(C2=NCCN2)c1)C(=O)NCC(=O)NC(Cc1c[nH]c2ccccc12)C(=O)C(F)(F)F. The van der Waals surface area contributed by atoms with Crippen LogP contribution in [0.5, 0.6) is 0 Å². The minimum atomic E-state index is -5.18. The van der Waals surface area contributed by atoms with Gasteiger partial charge in [0.1, 0.15) is 17.9 Å². The molecule has 3 amide bonds. The maximum absolute atomic E-state index is 13.4. The number of para-hydroxylation sites is 1. The third-order valence-corrected chi connectivity index (χ3v) is 6.74. The number of ketones is 1. The van der Waals surface area contributed by atoms with Gasteiger partial charge in [-0.3, -0.25) is 24.2 Å². The number of Topliss-reactive ketones (excluding diaryl/α,β-unsaturated/α-hetero) is 1. The lowest BCUT2D eigenvalue weighted by Gasteiger charge is -2.21. The van der Waals surface area contributed by atoms with Crippen LogP contribution in [-0.4, -0.2) is 72.2 Å². The molecule has 0 radical (unpaired) electrons. The minimum Gasteiger partial charge on any atom is -0.368 e. The van der Waals surface area contributed by atoms with Gasteiger partial charge in [0.05, 0.1) is 13.1 Å². The molecule has 4 rings (SSSR count). The first-order valence-electron chi connectivity index (χ1n) is 13.4. The molecule has 2 unspecified atom stereocenters. The molecule has 0 fully saturated rings. The summed E-state index contributed by atoms with van der Waals surface area (Å²) in [5.74, 6) is -3.47. The standard InChI is InChI=1S/C29H31F3N6O4/c1-2-24(39)38-23(13-17-6-5-7-18(12-17)27-33-10-11-34-27)28(42)36-16-25(40)37-22(26(41)29(30,31)32)14-19-15-35-21-9-4-3-8-20(19)21/h3-9,12,15,22-23,35H,2,10-11,13-14,16H2,1H3,(H,33,34)(H,36,42)(H,37,40)(H,38,39). The van der Waals surface area contributed by atoms with Gasteiger partial charge in [-0.2, -0.15) is 13.2 Å². The van der Waals surface area contributed by atoms with Gasteiger partial charge >= 0.3 is 6.18 Å². The number of alkyl halides is 3. The van der Waals surface area contributed by atoms with E-state index in [1.807, 2.05) is 12.1 Å². The number of rotatable bonds is 12. The molecule has 0 spiro atoms. The Labute approximate surface area is 239 Å². The zero-order valence-electron chi connectivity index (χ0n) is 22.8. The molecule has 0 aliphatic carbocycles. The lowest BCUT2D eigenvalue weighted by atomic mass is 10.0. The van der Waals surface area contributed by atoms with Crippen molar-refractivity contribution in [3.63, 3.8) is 0 Å². The van der Waals surface area contributed by atoms with Gasteiger partial charge < -0.3 is 26.3 Å². The first kappa shape index (κ1) is 30.3. The van der Waals surface area contributed by atoms with E-state index in [1.165, 1.54) is 6.20 Å². The number of aromatic amines is 1. The average Bonchev–Trinajstić information content (AvgIpc) is 3.65. The number of fused-ring (bicyclic) bond motifs is 1. The van der Waals surface area contributed by atoms with Crippen LogP contribution in [0.15, 0.2) is 59.7 Å². The molecule has 2 aromatic carbocycles. The number of hydrogen-bond acceptors (Lipinski definition) is 6. The van der Waals surface area contributed by atoms with E-state index in [1.54, 1.807) is 43.3 Å². The topological polar surface area (TPSA) is 145 Å². The Hall–Kier alpha value is -4.68. The van der Waals surface area contributed by atoms with E-state index < -0.39 is 54.7 Å². The van der Waals surface area contributed by atoms with Crippen molar-refractivity contribution >= 4 is 40.2 Å². The number of H-pyrrole nitrogens is 1. The lowest BCUT2D eigenvalue weighted by Crippen LogP contribution is -2.53. The number of hydrogen-bond donors (Lipinski definition) is 5. The highest BCUT2D eigenvalue weighted by atomic mass is 19.4. The van der Waals surface area contributed by atoms with Gasteiger partial charge in [-0.05, 0) is 23.3 Å². The first-order chi connectivity index (χ1) is 20.0. The van der Waals surface area contributed by atoms with Crippen molar-refractivity contribution in [2.24, 2.45) is 4.99 Å². The summed E-state index contributed by atoms with van der Waals surface area (Å²) in [5.41, 5.74) is 2.63. The van der Waals surface area contributed by atoms with Crippen molar-refractivity contribution in [1.29, 1.82) is 0 Å². The van der Waals surface area contributed by atoms with Crippen LogP contribution in [0.4, 0.5) is 13.2 Å². The van der Waals surface area contributed by atoms with Gasteiger partial charge in [0.15, 0.2) is 0 Å². The van der Waals surface area contributed by atoms with Gasteiger partial charge in [0.25, 0.3) is 5.78 Å². The predicted molar refractivity (Wildman–Crippen MR) is 150 cm³/mol. The summed E-state index contributed by atoms with van der Waals surface area (Å²) in [6.07, 6.45) is -3.90. The number of aliphatic imine (C=N–C) groups is 1. The van der Waals surface area contributed by atoms with Crippen molar-refractivity contribution in [3.05, 3.63) is 71.4 Å². The first-order valence-corrected chi connectivity index (χ1v) is 13.4. The van der Waals surface area contributed by atoms with Crippen LogP contribution in [0.2, 0.25) is 0 Å². The molecule has 1 aliphatic heterocycles. The molecule has 3 aromatic rings. The summed E-state index contributed by atoms with van der Waals surface area (Å²) in [4.78, 5) is 57.3. The molecular formula is C29H31F3N6O4. The predicted octanol–water partition coefficient (Wildman–Crippen LogP) is 1.93. The van der Waals surface area contributed by atoms with Gasteiger partial charge in [-0.25, -0.2) is 0 Å². The Morgan fingerprint density at radius 3 is 2.45 bits per heavy atom. The maximum Gasteiger partial charge on any atom is 0.452 e. The molecule has 0 saturated carbocycles. The van der Waals surface area contributed by atoms with E-state index >= 15 is 0 Å². The number of carbonyl (C=O) groups is 4. The van der Waals surface area contributed by atoms with E-state index in [9.17, 15) is 32.3 Å². The molecule has 0 bridgehead atoms. The molecule has 42 heavy (non-hydrogen) atoms.